The Hall–Kier alpha value is -1.24. The van der Waals surface area contributed by atoms with Crippen molar-refractivity contribution in [2.75, 3.05) is 13.2 Å². The van der Waals surface area contributed by atoms with E-state index in [0.29, 0.717) is 0 Å². The first kappa shape index (κ1) is 37.3. The maximum Gasteiger partial charge on any atom is 0.461 e. The second-order valence-corrected chi connectivity index (χ2v) is 8.21. The summed E-state index contributed by atoms with van der Waals surface area (Å²) in [7, 11) is -13.7. The first-order valence-electron chi connectivity index (χ1n) is 7.22. The van der Waals surface area contributed by atoms with Gasteiger partial charge in [0.05, 0.1) is 0 Å². The van der Waals surface area contributed by atoms with Crippen LogP contribution in [0.1, 0.15) is 12.8 Å². The molecule has 0 rings (SSSR count). The molecule has 0 atom stereocenters. The third-order valence-electron chi connectivity index (χ3n) is 2.66. The van der Waals surface area contributed by atoms with Crippen LogP contribution in [-0.4, -0.2) is 84.1 Å². The predicted molar refractivity (Wildman–Crippen MR) is 78.4 cm³/mol. The maximum atomic E-state index is 11.9. The predicted octanol–water partition coefficient (Wildman–Crippen LogP) is 3.08. The SMILES string of the molecule is O=S(=O)(O)C(F)(F)C(F)(F)C(F)(F)F.O=S(=O)(O)C(F)(F)C(F)(F)C(F)(F)F.OCCCCO. The van der Waals surface area contributed by atoms with Crippen LogP contribution < -0.4 is 0 Å². The maximum absolute atomic E-state index is 11.9. The Bertz CT molecular complexity index is 762. The molecule has 0 bridgehead atoms. The summed E-state index contributed by atoms with van der Waals surface area (Å²) in [6.07, 6.45) is -12.1. The average Bonchev–Trinajstić information content (AvgIpc) is 2.56. The topological polar surface area (TPSA) is 149 Å². The standard InChI is InChI=1S/C4H10O2.2C3HF7O3S/c5-3-1-2-4-6;2*4-1(5,2(6,7)8)3(9,10)14(11,12)13/h5-6H,1-4H2;2*(H,11,12,13). The van der Waals surface area contributed by atoms with E-state index in [1.165, 1.54) is 0 Å². The largest absolute Gasteiger partial charge is 0.461 e. The second kappa shape index (κ2) is 11.7. The molecule has 0 aliphatic rings. The highest BCUT2D eigenvalue weighted by Gasteiger charge is 2.79. The summed E-state index contributed by atoms with van der Waals surface area (Å²) in [4.78, 5) is 0. The number of aliphatic hydroxyl groups is 2. The smallest absolute Gasteiger partial charge is 0.396 e. The number of unbranched alkanes of at least 4 members (excludes halogenated alkanes) is 1. The van der Waals surface area contributed by atoms with Gasteiger partial charge in [-0.25, -0.2) is 0 Å². The number of hydrogen-bond donors (Lipinski definition) is 4. The Kier molecular flexibility index (Phi) is 12.8. The van der Waals surface area contributed by atoms with E-state index in [4.69, 9.17) is 19.3 Å². The van der Waals surface area contributed by atoms with Crippen molar-refractivity contribution in [2.24, 2.45) is 0 Å². The van der Waals surface area contributed by atoms with Crippen LogP contribution in [-0.2, 0) is 20.2 Å². The molecule has 0 aromatic heterocycles. The summed E-state index contributed by atoms with van der Waals surface area (Å²) in [6.45, 7) is 0.390. The lowest BCUT2D eigenvalue weighted by Crippen LogP contribution is -2.55. The van der Waals surface area contributed by atoms with Crippen LogP contribution >= 0.6 is 0 Å². The fourth-order valence-corrected chi connectivity index (χ4v) is 1.76. The van der Waals surface area contributed by atoms with Gasteiger partial charge in [0, 0.05) is 13.2 Å². The fourth-order valence-electron chi connectivity index (χ4n) is 0.878. The Morgan fingerprint density at radius 2 is 0.647 bits per heavy atom. The minimum Gasteiger partial charge on any atom is -0.396 e. The molecule has 0 unspecified atom stereocenters. The molecule has 24 heteroatoms. The number of hydrogen-bond acceptors (Lipinski definition) is 6. The molecule has 34 heavy (non-hydrogen) atoms. The van der Waals surface area contributed by atoms with Crippen molar-refractivity contribution in [2.45, 2.75) is 47.5 Å². The third kappa shape index (κ3) is 8.76. The summed E-state index contributed by atoms with van der Waals surface area (Å²) >= 11 is 0. The summed E-state index contributed by atoms with van der Waals surface area (Å²) in [5.74, 6) is -13.7. The first-order chi connectivity index (χ1) is 14.4. The van der Waals surface area contributed by atoms with Gasteiger partial charge in [-0.1, -0.05) is 0 Å². The monoisotopic (exact) mass is 590 g/mol. The van der Waals surface area contributed by atoms with E-state index in [1.54, 1.807) is 0 Å². The van der Waals surface area contributed by atoms with Gasteiger partial charge in [-0.15, -0.1) is 0 Å². The van der Waals surface area contributed by atoms with E-state index < -0.39 is 54.9 Å². The molecule has 0 fully saturated rings. The van der Waals surface area contributed by atoms with Crippen molar-refractivity contribution in [3.8, 4) is 0 Å². The molecule has 0 saturated carbocycles. The van der Waals surface area contributed by atoms with Gasteiger partial charge < -0.3 is 10.2 Å². The summed E-state index contributed by atoms with van der Waals surface area (Å²) in [6, 6.07) is 0. The minimum absolute atomic E-state index is 0.195. The van der Waals surface area contributed by atoms with Crippen molar-refractivity contribution < 1.29 is 97.6 Å². The second-order valence-electron chi connectivity index (χ2n) is 5.28. The van der Waals surface area contributed by atoms with Crippen LogP contribution in [0.3, 0.4) is 0 Å². The fraction of sp³-hybridized carbons (Fsp3) is 1.00. The summed E-state index contributed by atoms with van der Waals surface area (Å²) < 4.78 is 216. The van der Waals surface area contributed by atoms with Crippen molar-refractivity contribution in [1.29, 1.82) is 0 Å². The van der Waals surface area contributed by atoms with Crippen LogP contribution in [0, 0.1) is 0 Å². The Labute approximate surface area is 179 Å². The Morgan fingerprint density at radius 3 is 0.706 bits per heavy atom. The van der Waals surface area contributed by atoms with E-state index in [9.17, 15) is 78.3 Å². The minimum atomic E-state index is -6.85. The van der Waals surface area contributed by atoms with Gasteiger partial charge in [0.15, 0.2) is 0 Å². The molecule has 210 valence electrons. The zero-order valence-corrected chi connectivity index (χ0v) is 17.0. The lowest BCUT2D eigenvalue weighted by Gasteiger charge is -2.25. The van der Waals surface area contributed by atoms with E-state index in [-0.39, 0.29) is 13.2 Å². The summed E-state index contributed by atoms with van der Waals surface area (Å²) in [5.41, 5.74) is 0. The molecular weight excluding hydrogens is 578 g/mol. The molecule has 0 aliphatic heterocycles. The molecule has 0 saturated heterocycles. The Morgan fingerprint density at radius 1 is 0.471 bits per heavy atom. The van der Waals surface area contributed by atoms with Crippen LogP contribution in [0.25, 0.3) is 0 Å². The van der Waals surface area contributed by atoms with E-state index in [2.05, 4.69) is 0 Å². The molecule has 4 N–H and O–H groups in total. The molecule has 8 nitrogen and oxygen atoms in total. The average molecular weight is 590 g/mol. The number of halogens is 14. The molecule has 0 aromatic rings. The zero-order chi connectivity index (χ0) is 28.8. The van der Waals surface area contributed by atoms with Gasteiger partial charge >= 0.3 is 54.9 Å². The van der Waals surface area contributed by atoms with Crippen molar-refractivity contribution in [1.82, 2.24) is 0 Å². The Balaban J connectivity index is -0.000000458. The number of alkyl halides is 14. The summed E-state index contributed by atoms with van der Waals surface area (Å²) in [5, 5.41) is 2.95. The van der Waals surface area contributed by atoms with Crippen LogP contribution in [0.15, 0.2) is 0 Å². The lowest BCUT2D eigenvalue weighted by molar-refractivity contribution is -0.333. The van der Waals surface area contributed by atoms with Crippen LogP contribution in [0.5, 0.6) is 0 Å². The van der Waals surface area contributed by atoms with Crippen molar-refractivity contribution >= 4 is 20.2 Å². The van der Waals surface area contributed by atoms with Crippen LogP contribution in [0.2, 0.25) is 0 Å². The molecule has 0 radical (unpaired) electrons. The molecule has 0 amide bonds. The quantitative estimate of drug-likeness (QED) is 0.201. The van der Waals surface area contributed by atoms with E-state index in [1.807, 2.05) is 0 Å². The number of rotatable bonds is 7. The molecule has 0 heterocycles. The van der Waals surface area contributed by atoms with Crippen molar-refractivity contribution in [3.63, 3.8) is 0 Å². The van der Waals surface area contributed by atoms with Gasteiger partial charge in [0.25, 0.3) is 0 Å². The third-order valence-corrected chi connectivity index (χ3v) is 4.47. The van der Waals surface area contributed by atoms with Gasteiger partial charge in [0.2, 0.25) is 0 Å². The highest BCUT2D eigenvalue weighted by atomic mass is 32.2. The molecular formula is C10H12F14O8S2. The first-order valence-corrected chi connectivity index (χ1v) is 10.1. The van der Waals surface area contributed by atoms with Crippen molar-refractivity contribution in [3.05, 3.63) is 0 Å². The lowest BCUT2D eigenvalue weighted by atomic mass is 10.3. The van der Waals surface area contributed by atoms with Crippen LogP contribution in [0.4, 0.5) is 61.5 Å². The van der Waals surface area contributed by atoms with Gasteiger partial charge in [0.1, 0.15) is 0 Å². The zero-order valence-electron chi connectivity index (χ0n) is 15.4. The molecule has 0 spiro atoms. The van der Waals surface area contributed by atoms with E-state index in [0.717, 1.165) is 12.8 Å². The van der Waals surface area contributed by atoms with Gasteiger partial charge in [-0.3, -0.25) is 9.11 Å². The normalized spacial score (nSPS) is 14.5. The molecule has 0 aliphatic carbocycles. The van der Waals surface area contributed by atoms with Gasteiger partial charge in [-0.05, 0) is 12.8 Å². The highest BCUT2D eigenvalue weighted by molar-refractivity contribution is 7.87. The van der Waals surface area contributed by atoms with E-state index >= 15 is 0 Å². The molecule has 0 aromatic carbocycles. The van der Waals surface area contributed by atoms with Gasteiger partial charge in [-0.2, -0.15) is 78.3 Å². The number of aliphatic hydroxyl groups excluding tert-OH is 2. The highest BCUT2D eigenvalue weighted by Crippen LogP contribution is 2.49.